The number of benzene rings is 1. The van der Waals surface area contributed by atoms with Gasteiger partial charge in [0.05, 0.1) is 0 Å². The van der Waals surface area contributed by atoms with Gasteiger partial charge in [-0.1, -0.05) is 29.8 Å². The molecule has 0 fully saturated rings. The summed E-state index contributed by atoms with van der Waals surface area (Å²) in [6.07, 6.45) is 0. The first-order chi connectivity index (χ1) is 4.33. The molecule has 0 N–H and O–H groups in total. The standard InChI is InChI=1S/C8H8/c1-7-3-5-8(2)6-4-7/h1,3-6H,2H3/i1D. The van der Waals surface area contributed by atoms with Gasteiger partial charge >= 0.3 is 0 Å². The molecule has 1 rings (SSSR count). The lowest BCUT2D eigenvalue weighted by molar-refractivity contribution is 1.45. The molecular formula is C8H8. The highest BCUT2D eigenvalue weighted by molar-refractivity contribution is 5.22. The Balaban J connectivity index is 2.88. The van der Waals surface area contributed by atoms with Crippen molar-refractivity contribution in [1.82, 2.24) is 0 Å². The third-order valence-electron chi connectivity index (χ3n) is 1.05. The van der Waals surface area contributed by atoms with Crippen molar-refractivity contribution in [3.8, 4) is 0 Å². The van der Waals surface area contributed by atoms with Crippen molar-refractivity contribution in [2.45, 2.75) is 6.92 Å². The van der Waals surface area contributed by atoms with Crippen LogP contribution < -0.4 is 0 Å². The number of hydrogen-bond donors (Lipinski definition) is 0. The minimum Gasteiger partial charge on any atom is -0.0590 e. The Morgan fingerprint density at radius 2 is 2.00 bits per heavy atom. The molecule has 8 heavy (non-hydrogen) atoms. The molecule has 0 amide bonds. The summed E-state index contributed by atoms with van der Waals surface area (Å²) in [4.78, 5) is 0. The SMILES string of the molecule is [2H][C]c1ccc(C)cc1. The van der Waals surface area contributed by atoms with Gasteiger partial charge in [-0.25, -0.2) is 0 Å². The maximum Gasteiger partial charge on any atom is 0.0365 e. The van der Waals surface area contributed by atoms with Gasteiger partial charge in [0.15, 0.2) is 0 Å². The first-order valence-corrected chi connectivity index (χ1v) is 2.57. The van der Waals surface area contributed by atoms with Crippen LogP contribution in [0.2, 0.25) is 0 Å². The van der Waals surface area contributed by atoms with Crippen molar-refractivity contribution in [2.24, 2.45) is 0 Å². The molecule has 0 aromatic heterocycles. The van der Waals surface area contributed by atoms with Crippen LogP contribution in [-0.4, -0.2) is 0 Å². The van der Waals surface area contributed by atoms with Gasteiger partial charge in [0.25, 0.3) is 0 Å². The molecule has 0 saturated heterocycles. The normalized spacial score (nSPS) is 10.9. The summed E-state index contributed by atoms with van der Waals surface area (Å²) in [5.41, 5.74) is 2.05. The quantitative estimate of drug-likeness (QED) is 0.512. The lowest BCUT2D eigenvalue weighted by Crippen LogP contribution is -1.70. The van der Waals surface area contributed by atoms with E-state index in [1.807, 2.05) is 31.2 Å². The molecule has 0 spiro atoms. The van der Waals surface area contributed by atoms with Crippen molar-refractivity contribution < 1.29 is 1.37 Å². The Kier molecular flexibility index (Phi) is 1.03. The third-order valence-corrected chi connectivity index (χ3v) is 1.05. The molecule has 0 bridgehead atoms. The van der Waals surface area contributed by atoms with Crippen LogP contribution in [0.1, 0.15) is 12.5 Å². The van der Waals surface area contributed by atoms with E-state index >= 15 is 0 Å². The molecule has 0 saturated carbocycles. The second-order valence-electron chi connectivity index (χ2n) is 1.87. The van der Waals surface area contributed by atoms with Gasteiger partial charge in [0.2, 0.25) is 0 Å². The van der Waals surface area contributed by atoms with Crippen LogP contribution in [0.3, 0.4) is 0 Å². The van der Waals surface area contributed by atoms with E-state index in [1.165, 1.54) is 5.56 Å². The predicted octanol–water partition coefficient (Wildman–Crippen LogP) is 2.05. The molecule has 0 nitrogen and oxygen atoms in total. The Bertz CT molecular complexity index is 176. The van der Waals surface area contributed by atoms with Gasteiger partial charge in [-0.05, 0) is 19.4 Å². The van der Waals surface area contributed by atoms with Crippen LogP contribution >= 0.6 is 0 Å². The van der Waals surface area contributed by atoms with Crippen molar-refractivity contribution in [3.05, 3.63) is 42.3 Å². The Morgan fingerprint density at radius 3 is 2.50 bits per heavy atom. The molecule has 0 atom stereocenters. The van der Waals surface area contributed by atoms with Gasteiger partial charge < -0.3 is 0 Å². The number of aryl methyl sites for hydroxylation is 1. The molecular weight excluding hydrogens is 96.1 g/mol. The fourth-order valence-corrected chi connectivity index (χ4v) is 0.554. The summed E-state index contributed by atoms with van der Waals surface area (Å²) < 4.78 is 6.76. The van der Waals surface area contributed by atoms with Gasteiger partial charge in [-0.2, -0.15) is 0 Å². The number of hydrogen-bond acceptors (Lipinski definition) is 0. The highest BCUT2D eigenvalue weighted by atomic mass is 13.9. The molecule has 40 valence electrons. The van der Waals surface area contributed by atoms with E-state index in [0.29, 0.717) is 0 Å². The lowest BCUT2D eigenvalue weighted by Gasteiger charge is -1.89. The van der Waals surface area contributed by atoms with Crippen LogP contribution in [-0.2, 0) is 0 Å². The Morgan fingerprint density at radius 1 is 1.38 bits per heavy atom. The summed E-state index contributed by atoms with van der Waals surface area (Å²) >= 11 is 0. The van der Waals surface area contributed by atoms with E-state index in [2.05, 4.69) is 6.90 Å². The van der Waals surface area contributed by atoms with Crippen LogP contribution in [0, 0.1) is 13.8 Å². The zero-order valence-electron chi connectivity index (χ0n) is 5.81. The summed E-state index contributed by atoms with van der Waals surface area (Å²) in [6.45, 7) is 4.33. The average Bonchev–Trinajstić information content (AvgIpc) is 1.90. The van der Waals surface area contributed by atoms with Gasteiger partial charge in [-0.3, -0.25) is 0 Å². The zero-order chi connectivity index (χ0) is 6.69. The van der Waals surface area contributed by atoms with E-state index in [1.54, 1.807) is 0 Å². The second kappa shape index (κ2) is 1.99. The first-order valence-electron chi connectivity index (χ1n) is 3.07. The van der Waals surface area contributed by atoms with Crippen molar-refractivity contribution >= 4 is 0 Å². The maximum atomic E-state index is 6.76. The first kappa shape index (κ1) is 4.13. The van der Waals surface area contributed by atoms with Crippen LogP contribution in [0.5, 0.6) is 0 Å². The zero-order valence-corrected chi connectivity index (χ0v) is 4.81. The lowest BCUT2D eigenvalue weighted by atomic mass is 10.2. The molecule has 0 aliphatic carbocycles. The second-order valence-corrected chi connectivity index (χ2v) is 1.87. The maximum absolute atomic E-state index is 6.76. The molecule has 0 heterocycles. The summed E-state index contributed by atoms with van der Waals surface area (Å²) in [7, 11) is 0. The third kappa shape index (κ3) is 1.09. The molecule has 0 heteroatoms. The largest absolute Gasteiger partial charge is 0.0590 e. The van der Waals surface area contributed by atoms with Crippen LogP contribution in [0.15, 0.2) is 24.3 Å². The summed E-state index contributed by atoms with van der Waals surface area (Å²) in [5.74, 6) is 0. The van der Waals surface area contributed by atoms with E-state index < -0.39 is 0 Å². The molecule has 2 radical (unpaired) electrons. The fraction of sp³-hybridized carbons (Fsp3) is 0.125. The molecule has 0 aliphatic heterocycles. The minimum absolute atomic E-state index is 0.834. The van der Waals surface area contributed by atoms with Crippen LogP contribution in [0.4, 0.5) is 0 Å². The van der Waals surface area contributed by atoms with E-state index in [4.69, 9.17) is 1.37 Å². The van der Waals surface area contributed by atoms with Crippen LogP contribution in [0.25, 0.3) is 0 Å². The van der Waals surface area contributed by atoms with E-state index in [0.717, 1.165) is 5.56 Å². The van der Waals surface area contributed by atoms with E-state index in [-0.39, 0.29) is 0 Å². The average molecular weight is 105 g/mol. The molecule has 0 aliphatic rings. The summed E-state index contributed by atoms with van der Waals surface area (Å²) in [5, 5.41) is 0. The van der Waals surface area contributed by atoms with Gasteiger partial charge in [0, 0.05) is 1.37 Å². The minimum atomic E-state index is 0.834. The predicted molar refractivity (Wildman–Crippen MR) is 34.6 cm³/mol. The monoisotopic (exact) mass is 105 g/mol. The smallest absolute Gasteiger partial charge is 0.0365 e. The topological polar surface area (TPSA) is 0 Å². The molecule has 0 unspecified atom stereocenters. The van der Waals surface area contributed by atoms with Gasteiger partial charge in [-0.15, -0.1) is 0 Å². The van der Waals surface area contributed by atoms with Crippen molar-refractivity contribution in [3.63, 3.8) is 0 Å². The number of rotatable bonds is 1. The highest BCUT2D eigenvalue weighted by Gasteiger charge is 1.80. The molecule has 1 aromatic rings. The van der Waals surface area contributed by atoms with Crippen molar-refractivity contribution in [1.29, 1.82) is 0 Å². The van der Waals surface area contributed by atoms with Crippen molar-refractivity contribution in [2.75, 3.05) is 0 Å². The van der Waals surface area contributed by atoms with Gasteiger partial charge in [0.1, 0.15) is 0 Å². The van der Waals surface area contributed by atoms with E-state index in [9.17, 15) is 0 Å². The molecule has 1 aromatic carbocycles. The highest BCUT2D eigenvalue weighted by Crippen LogP contribution is 1.99. The Labute approximate surface area is 51.6 Å². The summed E-state index contributed by atoms with van der Waals surface area (Å²) in [6, 6.07) is 7.69. The fourth-order valence-electron chi connectivity index (χ4n) is 0.554. The Hall–Kier alpha value is -0.780.